The highest BCUT2D eigenvalue weighted by Crippen LogP contribution is 2.59. The number of rotatable bonds is 1. The van der Waals surface area contributed by atoms with Crippen LogP contribution in [0.5, 0.6) is 23.0 Å². The van der Waals surface area contributed by atoms with E-state index in [1.807, 2.05) is 0 Å². The van der Waals surface area contributed by atoms with E-state index in [9.17, 15) is 23.4 Å². The second-order valence-electron chi connectivity index (χ2n) is 6.08. The molecule has 1 aliphatic heterocycles. The van der Waals surface area contributed by atoms with Crippen LogP contribution in [0.4, 0.5) is 13.2 Å². The van der Waals surface area contributed by atoms with Crippen LogP contribution in [-0.4, -0.2) is 16.4 Å². The normalized spacial score (nSPS) is 14.9. The lowest BCUT2D eigenvalue weighted by molar-refractivity contribution is -0.168. The van der Waals surface area contributed by atoms with E-state index in [4.69, 9.17) is 4.74 Å². The van der Waals surface area contributed by atoms with E-state index < -0.39 is 11.6 Å². The van der Waals surface area contributed by atoms with Gasteiger partial charge in [0.15, 0.2) is 0 Å². The lowest BCUT2D eigenvalue weighted by Gasteiger charge is -2.41. The van der Waals surface area contributed by atoms with Crippen molar-refractivity contribution in [2.45, 2.75) is 11.6 Å². The number of aromatic hydroxyl groups is 2. The first kappa shape index (κ1) is 16.3. The summed E-state index contributed by atoms with van der Waals surface area (Å²) in [5.74, 6) is -0.606. The number of hydrogen-bond acceptors (Lipinski definition) is 3. The van der Waals surface area contributed by atoms with E-state index in [-0.39, 0.29) is 39.7 Å². The summed E-state index contributed by atoms with van der Waals surface area (Å²) < 4.78 is 49.7. The average Bonchev–Trinajstić information content (AvgIpc) is 2.60. The molecule has 3 aromatic carbocycles. The third kappa shape index (κ3) is 2.15. The Morgan fingerprint density at radius 2 is 1.23 bits per heavy atom. The standard InChI is InChI=1S/C20H13F3O3/c21-20(22,23)19(12-4-2-1-3-5-12)15-10-13(24)6-8-17(15)26-18-9-7-14(25)11-16(18)19/h1-11,24-25H. The molecule has 0 atom stereocenters. The molecule has 3 aromatic rings. The molecule has 0 spiro atoms. The van der Waals surface area contributed by atoms with Crippen LogP contribution in [-0.2, 0) is 5.41 Å². The van der Waals surface area contributed by atoms with Gasteiger partial charge >= 0.3 is 6.18 Å². The third-order valence-corrected chi connectivity index (χ3v) is 4.59. The van der Waals surface area contributed by atoms with Crippen molar-refractivity contribution < 1.29 is 28.1 Å². The van der Waals surface area contributed by atoms with Crippen molar-refractivity contribution in [2.75, 3.05) is 0 Å². The Kier molecular flexibility index (Phi) is 3.41. The van der Waals surface area contributed by atoms with Gasteiger partial charge in [-0.1, -0.05) is 30.3 Å². The summed E-state index contributed by atoms with van der Waals surface area (Å²) >= 11 is 0. The predicted molar refractivity (Wildman–Crippen MR) is 88.7 cm³/mol. The van der Waals surface area contributed by atoms with Crippen LogP contribution in [0.3, 0.4) is 0 Å². The molecule has 132 valence electrons. The molecule has 0 amide bonds. The molecule has 0 bridgehead atoms. The van der Waals surface area contributed by atoms with E-state index in [0.717, 1.165) is 12.1 Å². The molecule has 26 heavy (non-hydrogen) atoms. The number of benzene rings is 3. The summed E-state index contributed by atoms with van der Waals surface area (Å²) in [6, 6.07) is 14.7. The Morgan fingerprint density at radius 1 is 0.731 bits per heavy atom. The number of phenolic OH excluding ortho intramolecular Hbond substituents is 2. The minimum Gasteiger partial charge on any atom is -0.508 e. The van der Waals surface area contributed by atoms with Crippen molar-refractivity contribution in [3.63, 3.8) is 0 Å². The van der Waals surface area contributed by atoms with Crippen LogP contribution in [0.2, 0.25) is 0 Å². The van der Waals surface area contributed by atoms with Crippen LogP contribution < -0.4 is 4.74 Å². The van der Waals surface area contributed by atoms with Crippen molar-refractivity contribution in [1.82, 2.24) is 0 Å². The molecular formula is C20H13F3O3. The molecule has 0 saturated carbocycles. The highest BCUT2D eigenvalue weighted by Gasteiger charge is 2.62. The summed E-state index contributed by atoms with van der Waals surface area (Å²) in [7, 11) is 0. The fourth-order valence-corrected chi connectivity index (χ4v) is 3.53. The van der Waals surface area contributed by atoms with Crippen molar-refractivity contribution >= 4 is 0 Å². The Hall–Kier alpha value is -3.15. The van der Waals surface area contributed by atoms with Crippen molar-refractivity contribution in [1.29, 1.82) is 0 Å². The van der Waals surface area contributed by atoms with Crippen LogP contribution in [0.1, 0.15) is 16.7 Å². The summed E-state index contributed by atoms with van der Waals surface area (Å²) in [5.41, 5.74) is -3.08. The first-order valence-electron chi connectivity index (χ1n) is 7.81. The van der Waals surface area contributed by atoms with Gasteiger partial charge in [-0.05, 0) is 42.0 Å². The van der Waals surface area contributed by atoms with E-state index in [2.05, 4.69) is 0 Å². The molecule has 0 saturated heterocycles. The number of halogens is 3. The fraction of sp³-hybridized carbons (Fsp3) is 0.100. The zero-order chi connectivity index (χ0) is 18.5. The van der Waals surface area contributed by atoms with E-state index in [1.54, 1.807) is 6.07 Å². The molecule has 0 aliphatic carbocycles. The first-order chi connectivity index (χ1) is 12.3. The molecule has 6 heteroatoms. The Balaban J connectivity index is 2.20. The van der Waals surface area contributed by atoms with Crippen LogP contribution in [0, 0.1) is 0 Å². The molecule has 0 fully saturated rings. The molecule has 4 rings (SSSR count). The highest BCUT2D eigenvalue weighted by molar-refractivity contribution is 5.66. The topological polar surface area (TPSA) is 49.7 Å². The maximum atomic E-state index is 14.7. The summed E-state index contributed by atoms with van der Waals surface area (Å²) in [6.45, 7) is 0. The quantitative estimate of drug-likeness (QED) is 0.636. The minimum absolute atomic E-state index is 0.00201. The van der Waals surface area contributed by atoms with Crippen LogP contribution in [0.25, 0.3) is 0 Å². The second kappa shape index (κ2) is 5.42. The Bertz CT molecular complexity index is 930. The molecular weight excluding hydrogens is 345 g/mol. The number of phenols is 2. The van der Waals surface area contributed by atoms with E-state index >= 15 is 0 Å². The second-order valence-corrected chi connectivity index (χ2v) is 6.08. The van der Waals surface area contributed by atoms with Crippen molar-refractivity contribution in [3.05, 3.63) is 83.4 Å². The average molecular weight is 358 g/mol. The van der Waals surface area contributed by atoms with Gasteiger partial charge in [-0.3, -0.25) is 0 Å². The van der Waals surface area contributed by atoms with Gasteiger partial charge in [0.25, 0.3) is 0 Å². The van der Waals surface area contributed by atoms with Gasteiger partial charge in [0.2, 0.25) is 0 Å². The van der Waals surface area contributed by atoms with Crippen LogP contribution in [0.15, 0.2) is 66.7 Å². The summed E-state index contributed by atoms with van der Waals surface area (Å²) in [5, 5.41) is 19.7. The lowest BCUT2D eigenvalue weighted by Crippen LogP contribution is -2.46. The first-order valence-corrected chi connectivity index (χ1v) is 7.81. The number of fused-ring (bicyclic) bond motifs is 2. The van der Waals surface area contributed by atoms with Crippen molar-refractivity contribution in [2.24, 2.45) is 0 Å². The molecule has 0 radical (unpaired) electrons. The molecule has 1 heterocycles. The van der Waals surface area contributed by atoms with Gasteiger partial charge in [-0.15, -0.1) is 0 Å². The van der Waals surface area contributed by atoms with E-state index in [1.165, 1.54) is 48.5 Å². The summed E-state index contributed by atoms with van der Waals surface area (Å²) in [6.07, 6.45) is -4.76. The van der Waals surface area contributed by atoms with Gasteiger partial charge in [0, 0.05) is 11.1 Å². The molecule has 2 N–H and O–H groups in total. The highest BCUT2D eigenvalue weighted by atomic mass is 19.4. The van der Waals surface area contributed by atoms with Crippen molar-refractivity contribution in [3.8, 4) is 23.0 Å². The van der Waals surface area contributed by atoms with Crippen LogP contribution >= 0.6 is 0 Å². The molecule has 0 aromatic heterocycles. The predicted octanol–water partition coefficient (Wildman–Crippen LogP) is 5.10. The van der Waals surface area contributed by atoms with E-state index in [0.29, 0.717) is 0 Å². The molecule has 1 aliphatic rings. The molecule has 3 nitrogen and oxygen atoms in total. The fourth-order valence-electron chi connectivity index (χ4n) is 3.53. The monoisotopic (exact) mass is 358 g/mol. The number of ether oxygens (including phenoxy) is 1. The maximum absolute atomic E-state index is 14.7. The van der Waals surface area contributed by atoms with Gasteiger partial charge < -0.3 is 14.9 Å². The number of hydrogen-bond donors (Lipinski definition) is 2. The van der Waals surface area contributed by atoms with Gasteiger partial charge in [-0.25, -0.2) is 0 Å². The Labute approximate surface area is 146 Å². The Morgan fingerprint density at radius 3 is 1.69 bits per heavy atom. The van der Waals surface area contributed by atoms with Gasteiger partial charge in [0.1, 0.15) is 28.4 Å². The lowest BCUT2D eigenvalue weighted by atomic mass is 9.67. The zero-order valence-electron chi connectivity index (χ0n) is 13.3. The number of alkyl halides is 3. The zero-order valence-corrected chi connectivity index (χ0v) is 13.3. The molecule has 0 unspecified atom stereocenters. The smallest absolute Gasteiger partial charge is 0.406 e. The van der Waals surface area contributed by atoms with Gasteiger partial charge in [0.05, 0.1) is 0 Å². The maximum Gasteiger partial charge on any atom is 0.406 e. The largest absolute Gasteiger partial charge is 0.508 e. The minimum atomic E-state index is -4.76. The summed E-state index contributed by atoms with van der Waals surface area (Å²) in [4.78, 5) is 0. The SMILES string of the molecule is Oc1ccc2c(c1)C(c1ccccc1)(C(F)(F)F)c1cc(O)ccc1O2. The van der Waals surface area contributed by atoms with Gasteiger partial charge in [-0.2, -0.15) is 13.2 Å². The third-order valence-electron chi connectivity index (χ3n) is 4.59.